The van der Waals surface area contributed by atoms with E-state index in [1.807, 2.05) is 24.3 Å². The van der Waals surface area contributed by atoms with Gasteiger partial charge in [-0.05, 0) is 24.1 Å². The Hall–Kier alpha value is -0.650. The molecule has 0 aliphatic heterocycles. The summed E-state index contributed by atoms with van der Waals surface area (Å²) in [7, 11) is -4.00. The van der Waals surface area contributed by atoms with E-state index in [4.69, 9.17) is 4.55 Å². The predicted octanol–water partition coefficient (Wildman–Crippen LogP) is 3.19. The van der Waals surface area contributed by atoms with Crippen molar-refractivity contribution in [3.63, 3.8) is 0 Å². The van der Waals surface area contributed by atoms with Crippen molar-refractivity contribution >= 4 is 47.9 Å². The van der Waals surface area contributed by atoms with E-state index in [-0.39, 0.29) is 45.5 Å². The molecule has 0 heterocycles. The molecule has 2 aromatic rings. The van der Waals surface area contributed by atoms with Gasteiger partial charge in [-0.25, -0.2) is 0 Å². The monoisotopic (exact) mass is 318 g/mol. The van der Waals surface area contributed by atoms with Crippen LogP contribution in [0.4, 0.5) is 0 Å². The van der Waals surface area contributed by atoms with Crippen molar-refractivity contribution < 1.29 is 15.8 Å². The summed E-state index contributed by atoms with van der Waals surface area (Å²) in [5, 5.41) is 0. The van der Waals surface area contributed by atoms with Gasteiger partial charge in [0.2, 0.25) is 0 Å². The number of hydrogen-bond acceptors (Lipinski definition) is 2. The van der Waals surface area contributed by atoms with Crippen molar-refractivity contribution in [1.82, 2.24) is 0 Å². The molecule has 0 saturated carbocycles. The second-order valence-corrected chi connectivity index (χ2v) is 5.19. The van der Waals surface area contributed by atoms with E-state index in [9.17, 15) is 8.42 Å². The smallest absolute Gasteiger partial charge is 1.00 e. The molecule has 1 N–H and O–H groups in total. The number of rotatable bonds is 3. The van der Waals surface area contributed by atoms with Crippen LogP contribution in [-0.4, -0.2) is 50.7 Å². The van der Waals surface area contributed by atoms with Crippen molar-refractivity contribution in [3.8, 4) is 0 Å². The molecule has 0 bridgehead atoms. The molecule has 0 radical (unpaired) electrons. The van der Waals surface area contributed by atoms with Crippen LogP contribution in [0, 0.1) is 0 Å². The standard InChI is InChI=1S/C9H10.C6H6O3S.Ca.2H/c1-2-6-9-7-4-3-5-8-9;7-10(8,9)6-4-2-1-3-5-6;;;/h2-5,7-8H,1,6H2;1-5H,(H,7,8,9);;;/q;;+2;2*-1. The van der Waals surface area contributed by atoms with Crippen LogP contribution in [0.15, 0.2) is 78.2 Å². The van der Waals surface area contributed by atoms with E-state index >= 15 is 0 Å². The summed E-state index contributed by atoms with van der Waals surface area (Å²) in [4.78, 5) is -0.0741. The summed E-state index contributed by atoms with van der Waals surface area (Å²) < 4.78 is 29.2. The zero-order valence-electron chi connectivity index (χ0n) is 13.1. The minimum Gasteiger partial charge on any atom is -1.00 e. The van der Waals surface area contributed by atoms with Gasteiger partial charge in [0.1, 0.15) is 0 Å². The third kappa shape index (κ3) is 7.82. The van der Waals surface area contributed by atoms with Gasteiger partial charge in [0, 0.05) is 0 Å². The Bertz CT molecular complexity index is 605. The van der Waals surface area contributed by atoms with E-state index in [0.29, 0.717) is 0 Å². The van der Waals surface area contributed by atoms with Crippen molar-refractivity contribution in [2.75, 3.05) is 0 Å². The fourth-order valence-corrected chi connectivity index (χ4v) is 1.87. The SMILES string of the molecule is C=CCc1ccccc1.O=S(=O)(O)c1ccccc1.[Ca+2].[H-].[H-]. The Morgan fingerprint density at radius 1 is 1.00 bits per heavy atom. The molecule has 2 rings (SSSR count). The zero-order valence-corrected chi connectivity index (χ0v) is 14.2. The van der Waals surface area contributed by atoms with Crippen molar-refractivity contribution in [3.05, 3.63) is 78.9 Å². The quantitative estimate of drug-likeness (QED) is 0.537. The minimum absolute atomic E-state index is 0. The molecule has 3 nitrogen and oxygen atoms in total. The first kappa shape index (κ1) is 19.3. The third-order valence-electron chi connectivity index (χ3n) is 2.26. The van der Waals surface area contributed by atoms with Crippen LogP contribution >= 0.6 is 0 Å². The number of benzene rings is 2. The zero-order chi connectivity index (χ0) is 14.1. The molecule has 104 valence electrons. The van der Waals surface area contributed by atoms with E-state index in [0.717, 1.165) is 6.42 Å². The van der Waals surface area contributed by atoms with E-state index in [2.05, 4.69) is 18.7 Å². The molecule has 0 atom stereocenters. The molecule has 20 heavy (non-hydrogen) atoms. The van der Waals surface area contributed by atoms with Crippen LogP contribution in [0.3, 0.4) is 0 Å². The first-order chi connectivity index (χ1) is 9.04. The second-order valence-electron chi connectivity index (χ2n) is 3.77. The summed E-state index contributed by atoms with van der Waals surface area (Å²) in [5.74, 6) is 0. The first-order valence-corrected chi connectivity index (χ1v) is 7.15. The van der Waals surface area contributed by atoms with E-state index < -0.39 is 10.1 Å². The predicted molar refractivity (Wildman–Crippen MR) is 84.6 cm³/mol. The Morgan fingerprint density at radius 3 is 1.80 bits per heavy atom. The molecular formula is C15H18CaO3S. The Balaban J connectivity index is -0.000000290. The van der Waals surface area contributed by atoms with Crippen LogP contribution in [-0.2, 0) is 16.5 Å². The molecule has 0 unspecified atom stereocenters. The third-order valence-corrected chi connectivity index (χ3v) is 3.13. The average Bonchev–Trinajstić information content (AvgIpc) is 2.41. The fourth-order valence-electron chi connectivity index (χ4n) is 1.37. The Morgan fingerprint density at radius 2 is 1.45 bits per heavy atom. The van der Waals surface area contributed by atoms with Gasteiger partial charge in [-0.1, -0.05) is 54.6 Å². The molecule has 2 aromatic carbocycles. The van der Waals surface area contributed by atoms with Gasteiger partial charge in [-0.15, -0.1) is 6.58 Å². The molecule has 0 aliphatic carbocycles. The average molecular weight is 318 g/mol. The second kappa shape index (κ2) is 10.1. The van der Waals surface area contributed by atoms with Gasteiger partial charge in [0.25, 0.3) is 10.1 Å². The van der Waals surface area contributed by atoms with Crippen LogP contribution in [0.25, 0.3) is 0 Å². The molecule has 0 fully saturated rings. The molecular weight excluding hydrogens is 300 g/mol. The summed E-state index contributed by atoms with van der Waals surface area (Å²) in [6, 6.07) is 17.7. The first-order valence-electron chi connectivity index (χ1n) is 5.71. The Kier molecular flexibility index (Phi) is 9.80. The molecule has 0 saturated heterocycles. The Labute approximate surface area is 153 Å². The van der Waals surface area contributed by atoms with Crippen molar-refractivity contribution in [2.24, 2.45) is 0 Å². The summed E-state index contributed by atoms with van der Waals surface area (Å²) in [6.45, 7) is 3.66. The molecule has 0 aliphatic rings. The molecule has 0 aromatic heterocycles. The minimum atomic E-state index is -4.00. The summed E-state index contributed by atoms with van der Waals surface area (Å²) in [6.07, 6.45) is 2.89. The van der Waals surface area contributed by atoms with Crippen LogP contribution in [0.1, 0.15) is 8.42 Å². The van der Waals surface area contributed by atoms with Gasteiger partial charge in [0.15, 0.2) is 0 Å². The summed E-state index contributed by atoms with van der Waals surface area (Å²) in [5.41, 5.74) is 1.33. The maximum atomic E-state index is 10.4. The van der Waals surface area contributed by atoms with Crippen LogP contribution in [0.5, 0.6) is 0 Å². The maximum Gasteiger partial charge on any atom is 2.00 e. The normalized spacial score (nSPS) is 9.65. The van der Waals surface area contributed by atoms with Crippen LogP contribution in [0.2, 0.25) is 0 Å². The maximum absolute atomic E-state index is 10.4. The van der Waals surface area contributed by atoms with E-state index in [1.165, 1.54) is 17.7 Å². The molecule has 5 heteroatoms. The number of hydrogen-bond donors (Lipinski definition) is 1. The van der Waals surface area contributed by atoms with Gasteiger partial charge in [0.05, 0.1) is 4.90 Å². The van der Waals surface area contributed by atoms with Crippen molar-refractivity contribution in [1.29, 1.82) is 0 Å². The topological polar surface area (TPSA) is 54.4 Å². The molecule has 0 amide bonds. The summed E-state index contributed by atoms with van der Waals surface area (Å²) >= 11 is 0. The van der Waals surface area contributed by atoms with Gasteiger partial charge < -0.3 is 2.85 Å². The van der Waals surface area contributed by atoms with Gasteiger partial charge >= 0.3 is 37.7 Å². The van der Waals surface area contributed by atoms with Gasteiger partial charge in [-0.2, -0.15) is 8.42 Å². The van der Waals surface area contributed by atoms with Gasteiger partial charge in [-0.3, -0.25) is 4.55 Å². The fraction of sp³-hybridized carbons (Fsp3) is 0.0667. The molecule has 0 spiro atoms. The number of allylic oxidation sites excluding steroid dienone is 1. The largest absolute Gasteiger partial charge is 2.00 e. The van der Waals surface area contributed by atoms with Crippen LogP contribution < -0.4 is 0 Å². The van der Waals surface area contributed by atoms with Crippen molar-refractivity contribution in [2.45, 2.75) is 11.3 Å². The van der Waals surface area contributed by atoms with E-state index in [1.54, 1.807) is 18.2 Å².